The summed E-state index contributed by atoms with van der Waals surface area (Å²) in [6.45, 7) is 0.730. The van der Waals surface area contributed by atoms with Crippen LogP contribution in [0.4, 0.5) is 0 Å². The van der Waals surface area contributed by atoms with Gasteiger partial charge in [-0.1, -0.05) is 6.42 Å². The third-order valence-corrected chi connectivity index (χ3v) is 4.82. The van der Waals surface area contributed by atoms with Crippen LogP contribution < -0.4 is 5.32 Å². The minimum Gasteiger partial charge on any atom is -0.508 e. The molecule has 0 atom stereocenters. The molecule has 0 saturated heterocycles. The molecule has 92 valence electrons. The number of nitrogens with one attached hydrogen (secondary N) is 1. The van der Waals surface area contributed by atoms with Gasteiger partial charge in [0.05, 0.1) is 0 Å². The molecule has 3 nitrogen and oxygen atoms in total. The van der Waals surface area contributed by atoms with Crippen LogP contribution in [0, 0.1) is 0 Å². The van der Waals surface area contributed by atoms with Crippen LogP contribution in [0.1, 0.15) is 29.6 Å². The summed E-state index contributed by atoms with van der Waals surface area (Å²) in [6.07, 6.45) is 5.73. The maximum atomic E-state index is 11.9. The largest absolute Gasteiger partial charge is 0.508 e. The monoisotopic (exact) mass is 251 g/mol. The van der Waals surface area contributed by atoms with Crippen LogP contribution in [0.25, 0.3) is 0 Å². The molecule has 2 rings (SSSR count). The number of aromatic hydroxyl groups is 1. The van der Waals surface area contributed by atoms with Crippen molar-refractivity contribution in [3.05, 3.63) is 29.8 Å². The van der Waals surface area contributed by atoms with E-state index in [-0.39, 0.29) is 16.4 Å². The topological polar surface area (TPSA) is 49.3 Å². The Hall–Kier alpha value is -1.16. The molecule has 1 amide bonds. The van der Waals surface area contributed by atoms with E-state index in [0.717, 1.165) is 6.54 Å². The average Bonchev–Trinajstić information content (AvgIpc) is 2.29. The summed E-state index contributed by atoms with van der Waals surface area (Å²) in [4.78, 5) is 11.9. The molecule has 17 heavy (non-hydrogen) atoms. The fourth-order valence-electron chi connectivity index (χ4n) is 1.98. The van der Waals surface area contributed by atoms with Crippen LogP contribution in [0.3, 0.4) is 0 Å². The molecule has 0 spiro atoms. The summed E-state index contributed by atoms with van der Waals surface area (Å²) in [6, 6.07) is 6.33. The summed E-state index contributed by atoms with van der Waals surface area (Å²) >= 11 is 1.84. The van der Waals surface area contributed by atoms with Crippen LogP contribution in [0.15, 0.2) is 24.3 Å². The molecule has 0 bridgehead atoms. The average molecular weight is 251 g/mol. The predicted molar refractivity (Wildman–Crippen MR) is 70.5 cm³/mol. The zero-order valence-corrected chi connectivity index (χ0v) is 10.7. The van der Waals surface area contributed by atoms with Crippen molar-refractivity contribution in [2.75, 3.05) is 12.8 Å². The van der Waals surface area contributed by atoms with Gasteiger partial charge in [0.15, 0.2) is 0 Å². The lowest BCUT2D eigenvalue weighted by Gasteiger charge is -2.40. The quantitative estimate of drug-likeness (QED) is 0.864. The first kappa shape index (κ1) is 12.3. The Labute approximate surface area is 106 Å². The second kappa shape index (κ2) is 5.00. The lowest BCUT2D eigenvalue weighted by molar-refractivity contribution is 0.0944. The number of rotatable bonds is 4. The normalized spacial score (nSPS) is 17.2. The van der Waals surface area contributed by atoms with Crippen LogP contribution in [0.5, 0.6) is 5.75 Å². The number of benzene rings is 1. The maximum Gasteiger partial charge on any atom is 0.251 e. The number of phenolic OH excluding ortho intramolecular Hbond substituents is 1. The maximum absolute atomic E-state index is 11.9. The van der Waals surface area contributed by atoms with Gasteiger partial charge in [0.2, 0.25) is 0 Å². The third kappa shape index (κ3) is 2.75. The Morgan fingerprint density at radius 2 is 2.06 bits per heavy atom. The Morgan fingerprint density at radius 3 is 2.53 bits per heavy atom. The molecular formula is C13H17NO2S. The van der Waals surface area contributed by atoms with Crippen molar-refractivity contribution in [2.24, 2.45) is 0 Å². The standard InChI is InChI=1S/C13H17NO2S/c1-17-13(7-2-8-13)9-14-12(16)10-3-5-11(15)6-4-10/h3-6,15H,2,7-9H2,1H3,(H,14,16). The molecule has 0 aliphatic heterocycles. The molecule has 1 aliphatic carbocycles. The highest BCUT2D eigenvalue weighted by Gasteiger charge is 2.36. The molecule has 2 N–H and O–H groups in total. The van der Waals surface area contributed by atoms with E-state index in [1.54, 1.807) is 12.1 Å². The number of thioether (sulfide) groups is 1. The van der Waals surface area contributed by atoms with Gasteiger partial charge in [0.1, 0.15) is 5.75 Å². The van der Waals surface area contributed by atoms with Crippen LogP contribution >= 0.6 is 11.8 Å². The van der Waals surface area contributed by atoms with Crippen molar-refractivity contribution >= 4 is 17.7 Å². The Balaban J connectivity index is 1.91. The van der Waals surface area contributed by atoms with Crippen molar-refractivity contribution in [1.82, 2.24) is 5.32 Å². The number of hydrogen-bond acceptors (Lipinski definition) is 3. The van der Waals surface area contributed by atoms with Gasteiger partial charge in [0.25, 0.3) is 5.91 Å². The molecule has 4 heteroatoms. The van der Waals surface area contributed by atoms with Gasteiger partial charge in [-0.25, -0.2) is 0 Å². The molecule has 0 radical (unpaired) electrons. The first-order valence-corrected chi connectivity index (χ1v) is 7.00. The van der Waals surface area contributed by atoms with Crippen molar-refractivity contribution in [2.45, 2.75) is 24.0 Å². The van der Waals surface area contributed by atoms with E-state index in [0.29, 0.717) is 5.56 Å². The highest BCUT2D eigenvalue weighted by Crippen LogP contribution is 2.42. The minimum absolute atomic E-state index is 0.0645. The molecule has 1 fully saturated rings. The van der Waals surface area contributed by atoms with Crippen molar-refractivity contribution < 1.29 is 9.90 Å². The summed E-state index contributed by atoms with van der Waals surface area (Å²) in [5.74, 6) is 0.117. The van der Waals surface area contributed by atoms with E-state index in [9.17, 15) is 4.79 Å². The summed E-state index contributed by atoms with van der Waals surface area (Å²) in [5.41, 5.74) is 0.596. The SMILES string of the molecule is CSC1(CNC(=O)c2ccc(O)cc2)CCC1. The lowest BCUT2D eigenvalue weighted by atomic mass is 9.84. The zero-order chi connectivity index (χ0) is 12.3. The van der Waals surface area contributed by atoms with Gasteiger partial charge in [-0.15, -0.1) is 0 Å². The lowest BCUT2D eigenvalue weighted by Crippen LogP contribution is -2.45. The highest BCUT2D eigenvalue weighted by atomic mass is 32.2. The number of hydrogen-bond donors (Lipinski definition) is 2. The fraction of sp³-hybridized carbons (Fsp3) is 0.462. The van der Waals surface area contributed by atoms with E-state index in [1.807, 2.05) is 11.8 Å². The molecule has 1 aliphatic rings. The predicted octanol–water partition coefficient (Wildman–Crippen LogP) is 2.41. The van der Waals surface area contributed by atoms with Gasteiger partial charge in [-0.3, -0.25) is 4.79 Å². The number of carbonyl (C=O) groups is 1. The van der Waals surface area contributed by atoms with Gasteiger partial charge in [0, 0.05) is 16.9 Å². The molecule has 1 aromatic carbocycles. The Kier molecular flexibility index (Phi) is 3.62. The third-order valence-electron chi connectivity index (χ3n) is 3.40. The molecule has 1 aromatic rings. The minimum atomic E-state index is -0.0645. The zero-order valence-electron chi connectivity index (χ0n) is 9.90. The van der Waals surface area contributed by atoms with Gasteiger partial charge in [-0.05, 0) is 43.4 Å². The molecular weight excluding hydrogens is 234 g/mol. The molecule has 0 aromatic heterocycles. The van der Waals surface area contributed by atoms with E-state index in [1.165, 1.54) is 31.4 Å². The summed E-state index contributed by atoms with van der Waals surface area (Å²) in [5, 5.41) is 12.1. The smallest absolute Gasteiger partial charge is 0.251 e. The second-order valence-electron chi connectivity index (χ2n) is 4.47. The van der Waals surface area contributed by atoms with Crippen molar-refractivity contribution in [1.29, 1.82) is 0 Å². The van der Waals surface area contributed by atoms with E-state index >= 15 is 0 Å². The molecule has 0 heterocycles. The van der Waals surface area contributed by atoms with E-state index < -0.39 is 0 Å². The number of carbonyl (C=O) groups excluding carboxylic acids is 1. The Bertz CT molecular complexity index is 393. The number of amides is 1. The summed E-state index contributed by atoms with van der Waals surface area (Å²) < 4.78 is 0.257. The van der Waals surface area contributed by atoms with Gasteiger partial charge >= 0.3 is 0 Å². The number of phenols is 1. The fourth-order valence-corrected chi connectivity index (χ4v) is 2.89. The van der Waals surface area contributed by atoms with Gasteiger partial charge in [-0.2, -0.15) is 11.8 Å². The first-order valence-electron chi connectivity index (χ1n) is 5.78. The Morgan fingerprint density at radius 1 is 1.41 bits per heavy atom. The molecule has 0 unspecified atom stereocenters. The second-order valence-corrected chi connectivity index (χ2v) is 5.74. The van der Waals surface area contributed by atoms with Crippen LogP contribution in [-0.4, -0.2) is 28.6 Å². The van der Waals surface area contributed by atoms with Crippen molar-refractivity contribution in [3.63, 3.8) is 0 Å². The van der Waals surface area contributed by atoms with Gasteiger partial charge < -0.3 is 10.4 Å². The highest BCUT2D eigenvalue weighted by molar-refractivity contribution is 8.00. The van der Waals surface area contributed by atoms with Crippen LogP contribution in [-0.2, 0) is 0 Å². The first-order chi connectivity index (χ1) is 8.15. The summed E-state index contributed by atoms with van der Waals surface area (Å²) in [7, 11) is 0. The van der Waals surface area contributed by atoms with Crippen molar-refractivity contribution in [3.8, 4) is 5.75 Å². The van der Waals surface area contributed by atoms with Crippen LogP contribution in [0.2, 0.25) is 0 Å². The van der Waals surface area contributed by atoms with E-state index in [4.69, 9.17) is 5.11 Å². The van der Waals surface area contributed by atoms with E-state index in [2.05, 4.69) is 11.6 Å². The molecule has 1 saturated carbocycles.